The Kier molecular flexibility index (Phi) is 5.41. The largest absolute Gasteiger partial charge is 0.493 e. The van der Waals surface area contributed by atoms with Crippen molar-refractivity contribution in [3.8, 4) is 17.2 Å². The van der Waals surface area contributed by atoms with Gasteiger partial charge < -0.3 is 14.5 Å². The molecule has 0 bridgehead atoms. The molecule has 0 spiro atoms. The smallest absolute Gasteiger partial charge is 0.247 e. The molecule has 6 heteroatoms. The van der Waals surface area contributed by atoms with Crippen molar-refractivity contribution in [3.63, 3.8) is 0 Å². The second-order valence-electron chi connectivity index (χ2n) is 5.56. The first kappa shape index (κ1) is 16.7. The maximum absolute atomic E-state index is 11.8. The fourth-order valence-corrected chi connectivity index (χ4v) is 2.26. The van der Waals surface area contributed by atoms with E-state index in [2.05, 4.69) is 15.5 Å². The maximum atomic E-state index is 11.8. The van der Waals surface area contributed by atoms with Gasteiger partial charge in [-0.1, -0.05) is 35.9 Å². The monoisotopic (exact) mass is 337 g/mol. The fraction of sp³-hybridized carbons (Fsp3) is 0.211. The number of hydrogen-bond acceptors (Lipinski definition) is 5. The van der Waals surface area contributed by atoms with Crippen molar-refractivity contribution in [2.24, 2.45) is 0 Å². The molecule has 6 nitrogen and oxygen atoms in total. The zero-order valence-corrected chi connectivity index (χ0v) is 13.9. The van der Waals surface area contributed by atoms with Crippen LogP contribution in [0.25, 0.3) is 11.5 Å². The number of para-hydroxylation sites is 1. The highest BCUT2D eigenvalue weighted by atomic mass is 16.5. The highest BCUT2D eigenvalue weighted by Crippen LogP contribution is 2.18. The molecule has 1 aromatic heterocycles. The van der Waals surface area contributed by atoms with E-state index in [9.17, 15) is 4.79 Å². The van der Waals surface area contributed by atoms with Crippen molar-refractivity contribution in [2.75, 3.05) is 6.61 Å². The van der Waals surface area contributed by atoms with Crippen molar-refractivity contribution in [1.82, 2.24) is 15.5 Å². The van der Waals surface area contributed by atoms with Gasteiger partial charge in [0.15, 0.2) is 0 Å². The first-order chi connectivity index (χ1) is 12.2. The predicted octanol–water partition coefficient (Wildman–Crippen LogP) is 3.13. The minimum Gasteiger partial charge on any atom is -0.493 e. The van der Waals surface area contributed by atoms with E-state index in [1.54, 1.807) is 0 Å². The molecule has 0 saturated carbocycles. The van der Waals surface area contributed by atoms with Crippen LogP contribution in [-0.2, 0) is 11.3 Å². The summed E-state index contributed by atoms with van der Waals surface area (Å²) in [5, 5.41) is 10.7. The van der Waals surface area contributed by atoms with Crippen LogP contribution in [0.3, 0.4) is 0 Å². The number of nitrogens with one attached hydrogen (secondary N) is 1. The molecule has 128 valence electrons. The Hall–Kier alpha value is -3.15. The molecule has 0 aliphatic heterocycles. The molecule has 3 rings (SSSR count). The number of ether oxygens (including phenoxy) is 1. The van der Waals surface area contributed by atoms with Gasteiger partial charge >= 0.3 is 0 Å². The van der Waals surface area contributed by atoms with E-state index in [0.29, 0.717) is 18.4 Å². The Morgan fingerprint density at radius 2 is 1.96 bits per heavy atom. The number of aryl methyl sites for hydroxylation is 1. The van der Waals surface area contributed by atoms with Gasteiger partial charge in [0.2, 0.25) is 17.7 Å². The molecule has 1 heterocycles. The molecule has 1 amide bonds. The zero-order chi connectivity index (χ0) is 17.5. The summed E-state index contributed by atoms with van der Waals surface area (Å²) in [4.78, 5) is 11.8. The molecule has 0 atom stereocenters. The topological polar surface area (TPSA) is 77.2 Å². The fourth-order valence-electron chi connectivity index (χ4n) is 2.26. The van der Waals surface area contributed by atoms with Crippen LogP contribution in [0.2, 0.25) is 0 Å². The second-order valence-corrected chi connectivity index (χ2v) is 5.56. The number of nitrogens with zero attached hydrogens (tertiary/aromatic N) is 2. The van der Waals surface area contributed by atoms with Crippen LogP contribution < -0.4 is 10.1 Å². The van der Waals surface area contributed by atoms with Crippen molar-refractivity contribution < 1.29 is 13.9 Å². The Labute approximate surface area is 145 Å². The first-order valence-electron chi connectivity index (χ1n) is 8.05. The van der Waals surface area contributed by atoms with E-state index in [1.165, 1.54) is 0 Å². The van der Waals surface area contributed by atoms with Crippen molar-refractivity contribution in [2.45, 2.75) is 19.9 Å². The van der Waals surface area contributed by atoms with Crippen LogP contribution >= 0.6 is 0 Å². The summed E-state index contributed by atoms with van der Waals surface area (Å²) >= 11 is 0. The lowest BCUT2D eigenvalue weighted by atomic mass is 10.1. The van der Waals surface area contributed by atoms with Crippen molar-refractivity contribution in [3.05, 3.63) is 66.1 Å². The van der Waals surface area contributed by atoms with Gasteiger partial charge in [-0.05, 0) is 31.2 Å². The van der Waals surface area contributed by atoms with E-state index >= 15 is 0 Å². The van der Waals surface area contributed by atoms with Crippen molar-refractivity contribution >= 4 is 5.91 Å². The number of hydrogen-bond donors (Lipinski definition) is 1. The van der Waals surface area contributed by atoms with Gasteiger partial charge in [0.25, 0.3) is 0 Å². The van der Waals surface area contributed by atoms with Gasteiger partial charge in [-0.15, -0.1) is 10.2 Å². The van der Waals surface area contributed by atoms with Gasteiger partial charge in [-0.25, -0.2) is 0 Å². The summed E-state index contributed by atoms with van der Waals surface area (Å²) in [6.07, 6.45) is 0.258. The van der Waals surface area contributed by atoms with Crippen LogP contribution in [0.4, 0.5) is 0 Å². The lowest BCUT2D eigenvalue weighted by Crippen LogP contribution is -2.24. The van der Waals surface area contributed by atoms with Gasteiger partial charge in [-0.2, -0.15) is 0 Å². The average molecular weight is 337 g/mol. The summed E-state index contributed by atoms with van der Waals surface area (Å²) in [6, 6.07) is 17.2. The molecule has 0 fully saturated rings. The molecular formula is C19H19N3O3. The van der Waals surface area contributed by atoms with Gasteiger partial charge in [0, 0.05) is 5.56 Å². The maximum Gasteiger partial charge on any atom is 0.247 e. The van der Waals surface area contributed by atoms with Crippen LogP contribution in [-0.4, -0.2) is 22.7 Å². The van der Waals surface area contributed by atoms with E-state index in [4.69, 9.17) is 9.15 Å². The Balaban J connectivity index is 1.45. The number of carbonyl (C=O) groups is 1. The highest BCUT2D eigenvalue weighted by molar-refractivity contribution is 5.75. The third-order valence-corrected chi connectivity index (χ3v) is 3.51. The number of benzene rings is 2. The normalized spacial score (nSPS) is 10.4. The van der Waals surface area contributed by atoms with Crippen LogP contribution in [0, 0.1) is 6.92 Å². The molecule has 1 N–H and O–H groups in total. The SMILES string of the molecule is Cc1cccc(-c2nnc(CNC(=O)CCOc3ccccc3)o2)c1. The van der Waals surface area contributed by atoms with Gasteiger partial charge in [-0.3, -0.25) is 4.79 Å². The summed E-state index contributed by atoms with van der Waals surface area (Å²) in [5.41, 5.74) is 1.98. The van der Waals surface area contributed by atoms with Gasteiger partial charge in [0.05, 0.1) is 19.6 Å². The zero-order valence-electron chi connectivity index (χ0n) is 13.9. The highest BCUT2D eigenvalue weighted by Gasteiger charge is 2.10. The minimum atomic E-state index is -0.133. The quantitative estimate of drug-likeness (QED) is 0.717. The molecule has 2 aromatic carbocycles. The van der Waals surface area contributed by atoms with Crippen LogP contribution in [0.5, 0.6) is 5.75 Å². The summed E-state index contributed by atoms with van der Waals surface area (Å²) < 4.78 is 11.1. The summed E-state index contributed by atoms with van der Waals surface area (Å²) in [5.74, 6) is 1.43. The number of rotatable bonds is 7. The predicted molar refractivity (Wildman–Crippen MR) is 92.9 cm³/mol. The van der Waals surface area contributed by atoms with E-state index in [0.717, 1.165) is 16.9 Å². The third kappa shape index (κ3) is 4.91. The van der Waals surface area contributed by atoms with E-state index in [1.807, 2.05) is 61.5 Å². The molecule has 3 aromatic rings. The van der Waals surface area contributed by atoms with E-state index in [-0.39, 0.29) is 18.9 Å². The standard InChI is InChI=1S/C19H19N3O3/c1-14-6-5-7-15(12-14)19-22-21-18(25-19)13-20-17(23)10-11-24-16-8-3-2-4-9-16/h2-9,12H,10-11,13H2,1H3,(H,20,23). The van der Waals surface area contributed by atoms with E-state index < -0.39 is 0 Å². The molecule has 0 radical (unpaired) electrons. The summed E-state index contributed by atoms with van der Waals surface area (Å²) in [7, 11) is 0. The van der Waals surface area contributed by atoms with Crippen molar-refractivity contribution in [1.29, 1.82) is 0 Å². The van der Waals surface area contributed by atoms with Crippen LogP contribution in [0.15, 0.2) is 59.0 Å². The number of aromatic nitrogens is 2. The number of amides is 1. The molecule has 0 saturated heterocycles. The summed E-state index contributed by atoms with van der Waals surface area (Å²) in [6.45, 7) is 2.51. The van der Waals surface area contributed by atoms with Gasteiger partial charge in [0.1, 0.15) is 5.75 Å². The van der Waals surface area contributed by atoms with Crippen LogP contribution in [0.1, 0.15) is 17.9 Å². The second kappa shape index (κ2) is 8.10. The Morgan fingerprint density at radius 3 is 2.76 bits per heavy atom. The lowest BCUT2D eigenvalue weighted by molar-refractivity contribution is -0.121. The average Bonchev–Trinajstić information content (AvgIpc) is 3.10. The first-order valence-corrected chi connectivity index (χ1v) is 8.05. The number of carbonyl (C=O) groups excluding carboxylic acids is 1. The third-order valence-electron chi connectivity index (χ3n) is 3.51. The molecular weight excluding hydrogens is 318 g/mol. The molecule has 25 heavy (non-hydrogen) atoms. The minimum absolute atomic E-state index is 0.133. The molecule has 0 aliphatic carbocycles. The Morgan fingerprint density at radius 1 is 1.12 bits per heavy atom. The molecule has 0 aliphatic rings. The Bertz CT molecular complexity index is 831. The molecule has 0 unspecified atom stereocenters. The lowest BCUT2D eigenvalue weighted by Gasteiger charge is -2.05.